The van der Waals surface area contributed by atoms with Gasteiger partial charge in [-0.25, -0.2) is 4.99 Å². The SMILES string of the molecule is O=[C]C1=Nc2ccccc2C1. The van der Waals surface area contributed by atoms with Gasteiger partial charge in [0.05, 0.1) is 11.4 Å². The van der Waals surface area contributed by atoms with Gasteiger partial charge in [-0.1, -0.05) is 18.2 Å². The second-order valence-corrected chi connectivity index (χ2v) is 2.47. The van der Waals surface area contributed by atoms with Crippen molar-refractivity contribution in [2.24, 2.45) is 4.99 Å². The van der Waals surface area contributed by atoms with Gasteiger partial charge in [-0.3, -0.25) is 4.79 Å². The van der Waals surface area contributed by atoms with E-state index in [1.54, 1.807) is 0 Å². The predicted molar refractivity (Wildman–Crippen MR) is 42.9 cm³/mol. The van der Waals surface area contributed by atoms with E-state index in [9.17, 15) is 4.79 Å². The van der Waals surface area contributed by atoms with Gasteiger partial charge in [-0.2, -0.15) is 0 Å². The maximum atomic E-state index is 10.2. The van der Waals surface area contributed by atoms with E-state index in [0.717, 1.165) is 11.3 Å². The molecule has 53 valence electrons. The van der Waals surface area contributed by atoms with Crippen molar-refractivity contribution in [1.29, 1.82) is 0 Å². The minimum atomic E-state index is 0.506. The maximum absolute atomic E-state index is 10.2. The molecule has 0 spiro atoms. The number of aliphatic imine (C=N–C) groups is 1. The molecule has 2 rings (SSSR count). The average molecular weight is 144 g/mol. The standard InChI is InChI=1S/C9H6NO/c11-6-8-5-7-3-1-2-4-9(7)10-8/h1-4H,5H2. The molecule has 1 aromatic carbocycles. The lowest BCUT2D eigenvalue weighted by molar-refractivity contribution is 0.566. The molecule has 1 aliphatic heterocycles. The van der Waals surface area contributed by atoms with Crippen LogP contribution in [0.4, 0.5) is 5.69 Å². The Morgan fingerprint density at radius 1 is 1.36 bits per heavy atom. The van der Waals surface area contributed by atoms with Crippen LogP contribution in [0.25, 0.3) is 0 Å². The highest BCUT2D eigenvalue weighted by atomic mass is 16.1. The summed E-state index contributed by atoms with van der Waals surface area (Å²) in [7, 11) is 0. The zero-order chi connectivity index (χ0) is 7.68. The molecule has 1 radical (unpaired) electrons. The molecule has 1 aromatic rings. The average Bonchev–Trinajstić information content (AvgIpc) is 2.46. The second-order valence-electron chi connectivity index (χ2n) is 2.47. The lowest BCUT2D eigenvalue weighted by Crippen LogP contribution is -1.97. The van der Waals surface area contributed by atoms with E-state index in [2.05, 4.69) is 4.99 Å². The second kappa shape index (κ2) is 2.31. The van der Waals surface area contributed by atoms with Gasteiger partial charge >= 0.3 is 0 Å². The van der Waals surface area contributed by atoms with Crippen LogP contribution in [0.3, 0.4) is 0 Å². The molecule has 0 saturated carbocycles. The Labute approximate surface area is 64.6 Å². The van der Waals surface area contributed by atoms with Crippen molar-refractivity contribution < 1.29 is 4.79 Å². The summed E-state index contributed by atoms with van der Waals surface area (Å²) in [5.41, 5.74) is 2.53. The van der Waals surface area contributed by atoms with E-state index in [1.807, 2.05) is 30.6 Å². The molecule has 0 aromatic heterocycles. The van der Waals surface area contributed by atoms with Crippen molar-refractivity contribution in [2.75, 3.05) is 0 Å². The molecule has 0 bridgehead atoms. The molecule has 0 N–H and O–H groups in total. The van der Waals surface area contributed by atoms with Crippen molar-refractivity contribution in [3.05, 3.63) is 29.8 Å². The van der Waals surface area contributed by atoms with E-state index >= 15 is 0 Å². The minimum absolute atomic E-state index is 0.506. The number of para-hydroxylation sites is 1. The highest BCUT2D eigenvalue weighted by Crippen LogP contribution is 2.24. The summed E-state index contributed by atoms with van der Waals surface area (Å²) in [6.45, 7) is 0. The van der Waals surface area contributed by atoms with Crippen LogP contribution in [0.15, 0.2) is 29.3 Å². The summed E-state index contributed by atoms with van der Waals surface area (Å²) in [5.74, 6) is 0. The lowest BCUT2D eigenvalue weighted by Gasteiger charge is -1.91. The fourth-order valence-electron chi connectivity index (χ4n) is 1.19. The number of nitrogens with zero attached hydrogens (tertiary/aromatic N) is 1. The van der Waals surface area contributed by atoms with Gasteiger partial charge in [-0.15, -0.1) is 0 Å². The first-order chi connectivity index (χ1) is 5.40. The quantitative estimate of drug-likeness (QED) is 0.586. The lowest BCUT2D eigenvalue weighted by atomic mass is 10.1. The van der Waals surface area contributed by atoms with E-state index in [1.165, 1.54) is 0 Å². The van der Waals surface area contributed by atoms with Crippen LogP contribution in [-0.4, -0.2) is 12.0 Å². The van der Waals surface area contributed by atoms with Crippen LogP contribution in [0.2, 0.25) is 0 Å². The first-order valence-electron chi connectivity index (χ1n) is 3.44. The molecule has 11 heavy (non-hydrogen) atoms. The fraction of sp³-hybridized carbons (Fsp3) is 0.111. The summed E-state index contributed by atoms with van der Waals surface area (Å²) in [4.78, 5) is 14.3. The Morgan fingerprint density at radius 2 is 2.18 bits per heavy atom. The van der Waals surface area contributed by atoms with Crippen molar-refractivity contribution in [3.8, 4) is 0 Å². The van der Waals surface area contributed by atoms with Gasteiger partial charge < -0.3 is 0 Å². The first kappa shape index (κ1) is 6.28. The molecule has 0 saturated heterocycles. The van der Waals surface area contributed by atoms with Gasteiger partial charge in [-0.05, 0) is 11.6 Å². The zero-order valence-electron chi connectivity index (χ0n) is 5.87. The van der Waals surface area contributed by atoms with Crippen LogP contribution in [0.5, 0.6) is 0 Å². The molecule has 0 amide bonds. The van der Waals surface area contributed by atoms with Gasteiger partial charge in [0.1, 0.15) is 0 Å². The summed E-state index contributed by atoms with van der Waals surface area (Å²) in [6, 6.07) is 7.74. The third kappa shape index (κ3) is 0.963. The molecule has 0 atom stereocenters. The summed E-state index contributed by atoms with van der Waals surface area (Å²) in [5, 5.41) is 0. The van der Waals surface area contributed by atoms with Gasteiger partial charge in [0, 0.05) is 6.42 Å². The van der Waals surface area contributed by atoms with Crippen molar-refractivity contribution in [1.82, 2.24) is 0 Å². The van der Waals surface area contributed by atoms with Crippen LogP contribution in [0.1, 0.15) is 5.56 Å². The third-order valence-corrected chi connectivity index (χ3v) is 1.72. The smallest absolute Gasteiger partial charge is 0.249 e. The molecule has 2 heteroatoms. The molecule has 2 nitrogen and oxygen atoms in total. The molecular formula is C9H6NO. The first-order valence-corrected chi connectivity index (χ1v) is 3.44. The van der Waals surface area contributed by atoms with Crippen LogP contribution < -0.4 is 0 Å². The Hall–Kier alpha value is -1.44. The normalized spacial score (nSPS) is 14.0. The Kier molecular flexibility index (Phi) is 1.32. The van der Waals surface area contributed by atoms with Crippen LogP contribution >= 0.6 is 0 Å². The number of hydrogen-bond acceptors (Lipinski definition) is 2. The summed E-state index contributed by atoms with van der Waals surface area (Å²) >= 11 is 0. The Bertz CT molecular complexity index is 328. The van der Waals surface area contributed by atoms with Gasteiger partial charge in [0.2, 0.25) is 6.29 Å². The van der Waals surface area contributed by atoms with Gasteiger partial charge in [0.15, 0.2) is 0 Å². The van der Waals surface area contributed by atoms with Crippen molar-refractivity contribution in [2.45, 2.75) is 6.42 Å². The topological polar surface area (TPSA) is 29.4 Å². The van der Waals surface area contributed by atoms with E-state index in [-0.39, 0.29) is 0 Å². The van der Waals surface area contributed by atoms with E-state index in [0.29, 0.717) is 12.1 Å². The molecule has 1 aliphatic rings. The number of fused-ring (bicyclic) bond motifs is 1. The molecule has 0 aliphatic carbocycles. The highest BCUT2D eigenvalue weighted by molar-refractivity contribution is 6.31. The predicted octanol–water partition coefficient (Wildman–Crippen LogP) is 1.42. The molecular weight excluding hydrogens is 138 g/mol. The summed E-state index contributed by atoms with van der Waals surface area (Å²) in [6.07, 6.45) is 2.45. The number of rotatable bonds is 1. The Balaban J connectivity index is 2.47. The van der Waals surface area contributed by atoms with Crippen LogP contribution in [-0.2, 0) is 11.2 Å². The minimum Gasteiger partial charge on any atom is -0.283 e. The third-order valence-electron chi connectivity index (χ3n) is 1.72. The maximum Gasteiger partial charge on any atom is 0.249 e. The molecule has 1 heterocycles. The highest BCUT2D eigenvalue weighted by Gasteiger charge is 2.12. The van der Waals surface area contributed by atoms with Crippen molar-refractivity contribution >= 4 is 17.7 Å². The van der Waals surface area contributed by atoms with Gasteiger partial charge in [0.25, 0.3) is 0 Å². The van der Waals surface area contributed by atoms with E-state index in [4.69, 9.17) is 0 Å². The zero-order valence-corrected chi connectivity index (χ0v) is 5.87. The monoisotopic (exact) mass is 144 g/mol. The molecule has 0 unspecified atom stereocenters. The number of hydrogen-bond donors (Lipinski definition) is 0. The van der Waals surface area contributed by atoms with E-state index < -0.39 is 0 Å². The van der Waals surface area contributed by atoms with Crippen molar-refractivity contribution in [3.63, 3.8) is 0 Å². The fourth-order valence-corrected chi connectivity index (χ4v) is 1.19. The summed E-state index contributed by atoms with van der Waals surface area (Å²) < 4.78 is 0. The number of benzene rings is 1. The number of carbonyl (C=O) groups excluding carboxylic acids is 1. The Morgan fingerprint density at radius 3 is 2.91 bits per heavy atom. The largest absolute Gasteiger partial charge is 0.283 e. The molecule has 0 fully saturated rings. The van der Waals surface area contributed by atoms with Crippen LogP contribution in [0, 0.1) is 0 Å².